The van der Waals surface area contributed by atoms with Gasteiger partial charge < -0.3 is 5.32 Å². The van der Waals surface area contributed by atoms with Gasteiger partial charge in [-0.3, -0.25) is 0 Å². The summed E-state index contributed by atoms with van der Waals surface area (Å²) in [6, 6.07) is 7.12. The van der Waals surface area contributed by atoms with Gasteiger partial charge in [0.15, 0.2) is 0 Å². The highest BCUT2D eigenvalue weighted by atomic mass is 79.9. The van der Waals surface area contributed by atoms with Crippen LogP contribution in [0.1, 0.15) is 23.4 Å². The first-order valence-corrected chi connectivity index (χ1v) is 8.07. The Morgan fingerprint density at radius 3 is 2.79 bits per heavy atom. The van der Waals surface area contributed by atoms with Crippen molar-refractivity contribution in [2.45, 2.75) is 19.4 Å². The smallest absolute Gasteiger partial charge is 0.142 e. The monoisotopic (exact) mass is 361 g/mol. The number of rotatable bonds is 5. The van der Waals surface area contributed by atoms with Crippen molar-refractivity contribution in [1.82, 2.24) is 5.32 Å². The van der Waals surface area contributed by atoms with Crippen molar-refractivity contribution in [3.05, 3.63) is 55.4 Å². The number of hydrogen-bond acceptors (Lipinski definition) is 2. The van der Waals surface area contributed by atoms with Gasteiger partial charge in [-0.15, -0.1) is 11.3 Å². The summed E-state index contributed by atoms with van der Waals surface area (Å²) in [6.45, 7) is 2.88. The zero-order valence-corrected chi connectivity index (χ0v) is 13.6. The van der Waals surface area contributed by atoms with Crippen LogP contribution in [0.2, 0.25) is 5.02 Å². The molecule has 0 radical (unpaired) electrons. The van der Waals surface area contributed by atoms with Crippen LogP contribution in [0.25, 0.3) is 0 Å². The number of halogens is 3. The van der Waals surface area contributed by atoms with Crippen molar-refractivity contribution in [2.24, 2.45) is 0 Å². The topological polar surface area (TPSA) is 12.0 Å². The van der Waals surface area contributed by atoms with E-state index < -0.39 is 0 Å². The molecular weight excluding hydrogens is 349 g/mol. The predicted molar refractivity (Wildman–Crippen MR) is 83.6 cm³/mol. The highest BCUT2D eigenvalue weighted by molar-refractivity contribution is 9.10. The molecule has 1 atom stereocenters. The van der Waals surface area contributed by atoms with Crippen LogP contribution in [-0.4, -0.2) is 6.54 Å². The molecule has 0 spiro atoms. The van der Waals surface area contributed by atoms with E-state index in [1.807, 2.05) is 24.4 Å². The molecule has 1 aromatic carbocycles. The molecule has 19 heavy (non-hydrogen) atoms. The molecule has 2 aromatic rings. The van der Waals surface area contributed by atoms with Crippen LogP contribution in [0, 0.1) is 5.82 Å². The molecule has 0 aliphatic rings. The Morgan fingerprint density at radius 2 is 2.21 bits per heavy atom. The molecule has 1 unspecified atom stereocenters. The quantitative estimate of drug-likeness (QED) is 0.771. The minimum Gasteiger partial charge on any atom is -0.310 e. The lowest BCUT2D eigenvalue weighted by Crippen LogP contribution is -2.22. The molecule has 1 nitrogen and oxygen atoms in total. The summed E-state index contributed by atoms with van der Waals surface area (Å²) < 4.78 is 14.7. The van der Waals surface area contributed by atoms with Crippen LogP contribution in [0.3, 0.4) is 0 Å². The lowest BCUT2D eigenvalue weighted by molar-refractivity contribution is 0.545. The average molecular weight is 363 g/mol. The minimum atomic E-state index is -0.368. The average Bonchev–Trinajstić information content (AvgIpc) is 2.78. The molecule has 0 bridgehead atoms. The zero-order valence-electron chi connectivity index (χ0n) is 10.4. The van der Waals surface area contributed by atoms with Gasteiger partial charge in [-0.2, -0.15) is 0 Å². The first kappa shape index (κ1) is 15.0. The molecule has 0 saturated heterocycles. The third kappa shape index (κ3) is 3.78. The van der Waals surface area contributed by atoms with E-state index in [9.17, 15) is 4.39 Å². The van der Waals surface area contributed by atoms with Gasteiger partial charge in [0.1, 0.15) is 5.82 Å². The van der Waals surface area contributed by atoms with E-state index in [0.717, 1.165) is 23.0 Å². The summed E-state index contributed by atoms with van der Waals surface area (Å²) in [5, 5.41) is 5.60. The normalized spacial score (nSPS) is 12.6. The maximum atomic E-state index is 13.6. The van der Waals surface area contributed by atoms with Crippen molar-refractivity contribution in [1.29, 1.82) is 0 Å². The first-order chi connectivity index (χ1) is 9.11. The standard InChI is InChI=1S/C14H14BrClFNS/c1-2-18-13(8-14-10(15)5-6-19-14)9-3-4-11(16)12(17)7-9/h3-7,13,18H,2,8H2,1H3. The van der Waals surface area contributed by atoms with Crippen molar-refractivity contribution >= 4 is 38.9 Å². The van der Waals surface area contributed by atoms with E-state index in [2.05, 4.69) is 21.2 Å². The fourth-order valence-corrected chi connectivity index (χ4v) is 3.62. The molecule has 0 saturated carbocycles. The summed E-state index contributed by atoms with van der Waals surface area (Å²) in [6.07, 6.45) is 0.827. The largest absolute Gasteiger partial charge is 0.310 e. The van der Waals surface area contributed by atoms with Crippen LogP contribution in [0.4, 0.5) is 4.39 Å². The molecule has 0 aliphatic heterocycles. The fourth-order valence-electron chi connectivity index (χ4n) is 1.94. The van der Waals surface area contributed by atoms with Crippen molar-refractivity contribution in [3.63, 3.8) is 0 Å². The second-order valence-corrected chi connectivity index (χ2v) is 6.44. The van der Waals surface area contributed by atoms with E-state index in [1.54, 1.807) is 17.4 Å². The molecule has 102 valence electrons. The lowest BCUT2D eigenvalue weighted by atomic mass is 10.0. The van der Waals surface area contributed by atoms with Gasteiger partial charge in [0.2, 0.25) is 0 Å². The maximum Gasteiger partial charge on any atom is 0.142 e. The van der Waals surface area contributed by atoms with E-state index in [4.69, 9.17) is 11.6 Å². The molecule has 5 heteroatoms. The number of hydrogen-bond donors (Lipinski definition) is 1. The van der Waals surface area contributed by atoms with E-state index in [0.29, 0.717) is 0 Å². The SMILES string of the molecule is CCNC(Cc1sccc1Br)c1ccc(Cl)c(F)c1. The second-order valence-electron chi connectivity index (χ2n) is 4.18. The van der Waals surface area contributed by atoms with Gasteiger partial charge in [-0.1, -0.05) is 24.6 Å². The molecule has 2 rings (SSSR count). The van der Waals surface area contributed by atoms with E-state index in [-0.39, 0.29) is 16.9 Å². The fraction of sp³-hybridized carbons (Fsp3) is 0.286. The Balaban J connectivity index is 2.24. The Labute approximate surface area is 129 Å². The maximum absolute atomic E-state index is 13.6. The first-order valence-electron chi connectivity index (χ1n) is 6.02. The predicted octanol–water partition coefficient (Wildman–Crippen LogP) is 5.20. The van der Waals surface area contributed by atoms with Crippen molar-refractivity contribution in [2.75, 3.05) is 6.54 Å². The molecule has 1 heterocycles. The Kier molecular flexibility index (Phi) is 5.39. The number of nitrogens with one attached hydrogen (secondary N) is 1. The van der Waals surface area contributed by atoms with Crippen LogP contribution >= 0.6 is 38.9 Å². The molecule has 1 N–H and O–H groups in total. The molecular formula is C14H14BrClFNS. The highest BCUT2D eigenvalue weighted by Crippen LogP contribution is 2.29. The summed E-state index contributed by atoms with van der Waals surface area (Å²) in [7, 11) is 0. The summed E-state index contributed by atoms with van der Waals surface area (Å²) in [5.74, 6) is -0.368. The number of benzene rings is 1. The van der Waals surface area contributed by atoms with E-state index in [1.165, 1.54) is 10.9 Å². The van der Waals surface area contributed by atoms with Gasteiger partial charge in [0, 0.05) is 21.8 Å². The summed E-state index contributed by atoms with van der Waals surface area (Å²) in [5.41, 5.74) is 0.920. The zero-order chi connectivity index (χ0) is 13.8. The van der Waals surface area contributed by atoms with Crippen LogP contribution in [0.15, 0.2) is 34.1 Å². The van der Waals surface area contributed by atoms with Gasteiger partial charge in [0.25, 0.3) is 0 Å². The van der Waals surface area contributed by atoms with Crippen molar-refractivity contribution in [3.8, 4) is 0 Å². The lowest BCUT2D eigenvalue weighted by Gasteiger charge is -2.18. The van der Waals surface area contributed by atoms with E-state index >= 15 is 0 Å². The Morgan fingerprint density at radius 1 is 1.42 bits per heavy atom. The van der Waals surface area contributed by atoms with Crippen LogP contribution in [-0.2, 0) is 6.42 Å². The second kappa shape index (κ2) is 6.84. The van der Waals surface area contributed by atoms with Gasteiger partial charge in [-0.05, 0) is 51.6 Å². The molecule has 1 aromatic heterocycles. The third-order valence-electron chi connectivity index (χ3n) is 2.88. The summed E-state index contributed by atoms with van der Waals surface area (Å²) in [4.78, 5) is 1.25. The minimum absolute atomic E-state index is 0.0896. The Hall–Kier alpha value is -0.420. The van der Waals surface area contributed by atoms with Crippen LogP contribution < -0.4 is 5.32 Å². The van der Waals surface area contributed by atoms with Crippen LogP contribution in [0.5, 0.6) is 0 Å². The number of likely N-dealkylation sites (N-methyl/N-ethyl adjacent to an activating group) is 1. The van der Waals surface area contributed by atoms with Gasteiger partial charge in [0.05, 0.1) is 5.02 Å². The van der Waals surface area contributed by atoms with Gasteiger partial charge >= 0.3 is 0 Å². The molecule has 0 aliphatic carbocycles. The third-order valence-corrected chi connectivity index (χ3v) is 5.13. The highest BCUT2D eigenvalue weighted by Gasteiger charge is 2.15. The molecule has 0 amide bonds. The molecule has 0 fully saturated rings. The van der Waals surface area contributed by atoms with Gasteiger partial charge in [-0.25, -0.2) is 4.39 Å². The summed E-state index contributed by atoms with van der Waals surface area (Å²) >= 11 is 11.0. The number of thiophene rings is 1. The van der Waals surface area contributed by atoms with Crippen molar-refractivity contribution < 1.29 is 4.39 Å². The Bertz CT molecular complexity index is 558.